The summed E-state index contributed by atoms with van der Waals surface area (Å²) in [5.41, 5.74) is 4.46. The Hall–Kier alpha value is -3.58. The zero-order chi connectivity index (χ0) is 22.3. The van der Waals surface area contributed by atoms with Crippen LogP contribution in [0.5, 0.6) is 0 Å². The zero-order valence-corrected chi connectivity index (χ0v) is 18.1. The molecule has 4 rings (SSSR count). The van der Waals surface area contributed by atoms with E-state index < -0.39 is 11.8 Å². The molecule has 2 aromatic carbocycles. The number of rotatable bonds is 3. The zero-order valence-electron chi connectivity index (χ0n) is 17.3. The van der Waals surface area contributed by atoms with Crippen molar-refractivity contribution < 1.29 is 14.0 Å². The van der Waals surface area contributed by atoms with Crippen molar-refractivity contribution in [1.29, 1.82) is 0 Å². The Morgan fingerprint density at radius 1 is 1.00 bits per heavy atom. The fraction of sp³-hybridized carbons (Fsp3) is 0.125. The number of nitrogens with one attached hydrogen (secondary N) is 1. The van der Waals surface area contributed by atoms with Crippen LogP contribution in [0.3, 0.4) is 0 Å². The van der Waals surface area contributed by atoms with E-state index in [1.165, 1.54) is 17.0 Å². The lowest BCUT2D eigenvalue weighted by atomic mass is 10.1. The normalized spacial score (nSPS) is 15.5. The van der Waals surface area contributed by atoms with Crippen molar-refractivity contribution in [3.8, 4) is 5.69 Å². The van der Waals surface area contributed by atoms with Crippen molar-refractivity contribution in [3.63, 3.8) is 0 Å². The van der Waals surface area contributed by atoms with Gasteiger partial charge in [-0.3, -0.25) is 19.8 Å². The fourth-order valence-corrected chi connectivity index (χ4v) is 4.07. The van der Waals surface area contributed by atoms with Crippen molar-refractivity contribution in [3.05, 3.63) is 88.5 Å². The number of carbonyl (C=O) groups is 2. The van der Waals surface area contributed by atoms with Crippen LogP contribution in [0.2, 0.25) is 0 Å². The number of anilines is 1. The molecule has 1 aliphatic heterocycles. The molecule has 31 heavy (non-hydrogen) atoms. The van der Waals surface area contributed by atoms with Crippen LogP contribution >= 0.6 is 12.2 Å². The second kappa shape index (κ2) is 7.92. The first-order valence-electron chi connectivity index (χ1n) is 9.70. The molecule has 0 atom stereocenters. The molecule has 5 nitrogen and oxygen atoms in total. The molecule has 1 aromatic heterocycles. The van der Waals surface area contributed by atoms with Gasteiger partial charge in [0.1, 0.15) is 11.4 Å². The maximum atomic E-state index is 13.7. The van der Waals surface area contributed by atoms with Gasteiger partial charge in [-0.15, -0.1) is 0 Å². The Balaban J connectivity index is 1.79. The lowest BCUT2D eigenvalue weighted by Gasteiger charge is -2.30. The Morgan fingerprint density at radius 3 is 2.45 bits per heavy atom. The summed E-state index contributed by atoms with van der Waals surface area (Å²) in [7, 11) is 0. The predicted octanol–water partition coefficient (Wildman–Crippen LogP) is 4.37. The average Bonchev–Trinajstić information content (AvgIpc) is 2.99. The van der Waals surface area contributed by atoms with Crippen LogP contribution < -0.4 is 10.2 Å². The summed E-state index contributed by atoms with van der Waals surface area (Å²) in [6.45, 7) is 5.62. The maximum Gasteiger partial charge on any atom is 0.270 e. The molecule has 1 fully saturated rings. The topological polar surface area (TPSA) is 54.3 Å². The van der Waals surface area contributed by atoms with Crippen LogP contribution in [0, 0.1) is 26.6 Å². The molecule has 0 aliphatic carbocycles. The molecule has 0 spiro atoms. The number of aromatic nitrogens is 1. The highest BCUT2D eigenvalue weighted by molar-refractivity contribution is 7.80. The van der Waals surface area contributed by atoms with Gasteiger partial charge in [-0.1, -0.05) is 24.3 Å². The lowest BCUT2D eigenvalue weighted by molar-refractivity contribution is -0.122. The largest absolute Gasteiger partial charge is 0.318 e. The van der Waals surface area contributed by atoms with Gasteiger partial charge in [0.05, 0.1) is 5.69 Å². The van der Waals surface area contributed by atoms with Crippen LogP contribution in [0.1, 0.15) is 22.5 Å². The number of hydrogen-bond acceptors (Lipinski definition) is 3. The number of carbonyl (C=O) groups excluding carboxylic acids is 2. The molecular formula is C24H20FN3O2S. The van der Waals surface area contributed by atoms with E-state index in [0.717, 1.165) is 17.0 Å². The van der Waals surface area contributed by atoms with Crippen LogP contribution in [0.25, 0.3) is 11.8 Å². The molecule has 1 aliphatic rings. The van der Waals surface area contributed by atoms with E-state index in [9.17, 15) is 14.0 Å². The highest BCUT2D eigenvalue weighted by Crippen LogP contribution is 2.27. The molecule has 0 saturated carbocycles. The molecule has 7 heteroatoms. The van der Waals surface area contributed by atoms with Gasteiger partial charge in [-0.05, 0) is 80.5 Å². The minimum atomic E-state index is -0.546. The molecule has 156 valence electrons. The number of para-hydroxylation sites is 1. The van der Waals surface area contributed by atoms with Gasteiger partial charge in [0.2, 0.25) is 0 Å². The molecule has 0 radical (unpaired) electrons. The lowest BCUT2D eigenvalue weighted by Crippen LogP contribution is -2.54. The first-order chi connectivity index (χ1) is 14.8. The molecule has 1 N–H and O–H groups in total. The summed E-state index contributed by atoms with van der Waals surface area (Å²) >= 11 is 5.27. The Kier molecular flexibility index (Phi) is 5.29. The van der Waals surface area contributed by atoms with E-state index in [0.29, 0.717) is 16.9 Å². The molecule has 2 heterocycles. The summed E-state index contributed by atoms with van der Waals surface area (Å²) in [6.07, 6.45) is 1.56. The number of benzene rings is 2. The minimum Gasteiger partial charge on any atom is -0.318 e. The van der Waals surface area contributed by atoms with Gasteiger partial charge in [0.15, 0.2) is 5.11 Å². The minimum absolute atomic E-state index is 0.0173. The van der Waals surface area contributed by atoms with Crippen molar-refractivity contribution >= 4 is 40.9 Å². The summed E-state index contributed by atoms with van der Waals surface area (Å²) in [5.74, 6) is -1.37. The van der Waals surface area contributed by atoms with Crippen LogP contribution in [-0.2, 0) is 9.59 Å². The third-order valence-corrected chi connectivity index (χ3v) is 5.58. The monoisotopic (exact) mass is 433 g/mol. The molecular weight excluding hydrogens is 413 g/mol. The predicted molar refractivity (Wildman–Crippen MR) is 123 cm³/mol. The van der Waals surface area contributed by atoms with E-state index in [4.69, 9.17) is 12.2 Å². The summed E-state index contributed by atoms with van der Waals surface area (Å²) in [5, 5.41) is 2.66. The summed E-state index contributed by atoms with van der Waals surface area (Å²) in [4.78, 5) is 27.2. The quantitative estimate of drug-likeness (QED) is 0.379. The van der Waals surface area contributed by atoms with Crippen LogP contribution in [0.15, 0.2) is 60.2 Å². The van der Waals surface area contributed by atoms with Crippen molar-refractivity contribution in [1.82, 2.24) is 9.88 Å². The van der Waals surface area contributed by atoms with Crippen molar-refractivity contribution in [2.45, 2.75) is 20.8 Å². The van der Waals surface area contributed by atoms with E-state index in [2.05, 4.69) is 5.32 Å². The third-order valence-electron chi connectivity index (χ3n) is 5.29. The van der Waals surface area contributed by atoms with Crippen molar-refractivity contribution in [2.75, 3.05) is 4.90 Å². The molecule has 2 amide bonds. The highest BCUT2D eigenvalue weighted by Gasteiger charge is 2.35. The second-order valence-corrected chi connectivity index (χ2v) is 7.77. The van der Waals surface area contributed by atoms with E-state index in [-0.39, 0.29) is 16.5 Å². The third kappa shape index (κ3) is 3.68. The number of amides is 2. The van der Waals surface area contributed by atoms with Crippen LogP contribution in [0.4, 0.5) is 10.1 Å². The van der Waals surface area contributed by atoms with Gasteiger partial charge in [0, 0.05) is 17.1 Å². The number of aryl methyl sites for hydroxylation is 2. The number of nitrogens with zero attached hydrogens (tertiary/aromatic N) is 2. The highest BCUT2D eigenvalue weighted by atomic mass is 32.1. The Bertz CT molecular complexity index is 1280. The van der Waals surface area contributed by atoms with Gasteiger partial charge >= 0.3 is 0 Å². The molecule has 0 unspecified atom stereocenters. The summed E-state index contributed by atoms with van der Waals surface area (Å²) < 4.78 is 15.6. The summed E-state index contributed by atoms with van der Waals surface area (Å²) in [6, 6.07) is 15.5. The van der Waals surface area contributed by atoms with E-state index in [1.807, 2.05) is 49.6 Å². The van der Waals surface area contributed by atoms with Gasteiger partial charge in [0.25, 0.3) is 11.8 Å². The fourth-order valence-electron chi connectivity index (χ4n) is 3.79. The van der Waals surface area contributed by atoms with Gasteiger partial charge in [-0.25, -0.2) is 4.39 Å². The van der Waals surface area contributed by atoms with Crippen molar-refractivity contribution in [2.24, 2.45) is 0 Å². The number of hydrogen-bond donors (Lipinski definition) is 1. The second-order valence-electron chi connectivity index (χ2n) is 7.39. The van der Waals surface area contributed by atoms with E-state index >= 15 is 0 Å². The van der Waals surface area contributed by atoms with E-state index in [1.54, 1.807) is 24.3 Å². The average molecular weight is 434 g/mol. The first-order valence-corrected chi connectivity index (χ1v) is 10.1. The number of thiocarbonyl (C=S) groups is 1. The first kappa shape index (κ1) is 20.7. The smallest absolute Gasteiger partial charge is 0.270 e. The molecule has 3 aromatic rings. The SMILES string of the molecule is Cc1ccccc1N1C(=O)/C(=C/c2cc(C)n(-c3cccc(F)c3)c2C)C(=O)NC1=S. The Morgan fingerprint density at radius 2 is 1.74 bits per heavy atom. The Labute approximate surface area is 184 Å². The number of halogens is 1. The van der Waals surface area contributed by atoms with Crippen LogP contribution in [-0.4, -0.2) is 21.5 Å². The van der Waals surface area contributed by atoms with Gasteiger partial charge < -0.3 is 4.57 Å². The maximum absolute atomic E-state index is 13.7. The molecule has 1 saturated heterocycles. The molecule has 0 bridgehead atoms. The standard InChI is InChI=1S/C24H20FN3O2S/c1-14-7-4-5-10-21(14)28-23(30)20(22(29)26-24(28)31)12-17-11-15(2)27(16(17)3)19-9-6-8-18(25)13-19/h4-13H,1-3H3,(H,26,29,31)/b20-12+. The van der Waals surface area contributed by atoms with Gasteiger partial charge in [-0.2, -0.15) is 0 Å².